The summed E-state index contributed by atoms with van der Waals surface area (Å²) < 4.78 is 0. The minimum Gasteiger partial charge on any atom is -0.354 e. The lowest BCUT2D eigenvalue weighted by atomic mass is 10.1. The summed E-state index contributed by atoms with van der Waals surface area (Å²) in [6, 6.07) is -0.265. The van der Waals surface area contributed by atoms with E-state index < -0.39 is 0 Å². The molecule has 0 saturated carbocycles. The molecule has 2 amide bonds. The smallest absolute Gasteiger partial charge is 0.243 e. The van der Waals surface area contributed by atoms with Crippen LogP contribution in [-0.2, 0) is 9.59 Å². The van der Waals surface area contributed by atoms with Crippen LogP contribution < -0.4 is 10.6 Å². The number of thioether (sulfide) groups is 1. The van der Waals surface area contributed by atoms with Crippen molar-refractivity contribution in [3.63, 3.8) is 0 Å². The first-order chi connectivity index (χ1) is 9.22. The predicted octanol–water partition coefficient (Wildman–Crippen LogP) is 0.835. The Kier molecular flexibility index (Phi) is 7.69. The minimum atomic E-state index is -0.265. The molecule has 20 heavy (non-hydrogen) atoms. The summed E-state index contributed by atoms with van der Waals surface area (Å²) in [4.78, 5) is 25.6. The quantitative estimate of drug-likeness (QED) is 0.787. The third-order valence-corrected chi connectivity index (χ3v) is 4.83. The molecular weight excluding hydrogens is 298 g/mol. The minimum absolute atomic E-state index is 0. The Balaban J connectivity index is 0.00000200. The topological polar surface area (TPSA) is 61.4 Å². The zero-order valence-corrected chi connectivity index (χ0v) is 13.5. The van der Waals surface area contributed by atoms with Crippen LogP contribution >= 0.6 is 24.2 Å². The van der Waals surface area contributed by atoms with Crippen LogP contribution in [0.4, 0.5) is 0 Å². The molecule has 2 atom stereocenters. The van der Waals surface area contributed by atoms with Crippen molar-refractivity contribution in [1.29, 1.82) is 0 Å². The Bertz CT molecular complexity index is 338. The van der Waals surface area contributed by atoms with Crippen molar-refractivity contribution in [2.45, 2.75) is 32.2 Å². The molecule has 0 bridgehead atoms. The molecule has 2 heterocycles. The van der Waals surface area contributed by atoms with E-state index in [-0.39, 0.29) is 30.3 Å². The number of nitrogens with zero attached hydrogens (tertiary/aromatic N) is 1. The van der Waals surface area contributed by atoms with E-state index in [2.05, 4.69) is 10.6 Å². The van der Waals surface area contributed by atoms with Gasteiger partial charge in [-0.05, 0) is 31.8 Å². The average Bonchev–Trinajstić information content (AvgIpc) is 3.08. The first-order valence-electron chi connectivity index (χ1n) is 7.08. The van der Waals surface area contributed by atoms with Gasteiger partial charge in [0.1, 0.15) is 6.04 Å². The molecule has 116 valence electrons. The SMILES string of the molecule is CCC(=O)N1CSCC1C(=O)NCCC1CCNC1.Cl. The highest BCUT2D eigenvalue weighted by Crippen LogP contribution is 2.21. The van der Waals surface area contributed by atoms with Crippen LogP contribution in [0.3, 0.4) is 0 Å². The third kappa shape index (κ3) is 4.53. The van der Waals surface area contributed by atoms with Crippen LogP contribution in [-0.4, -0.2) is 54.0 Å². The summed E-state index contributed by atoms with van der Waals surface area (Å²) >= 11 is 1.66. The van der Waals surface area contributed by atoms with Crippen LogP contribution in [0.5, 0.6) is 0 Å². The second kappa shape index (κ2) is 8.74. The van der Waals surface area contributed by atoms with E-state index >= 15 is 0 Å². The molecule has 2 N–H and O–H groups in total. The van der Waals surface area contributed by atoms with E-state index in [0.717, 1.165) is 31.8 Å². The van der Waals surface area contributed by atoms with Crippen molar-refractivity contribution in [2.75, 3.05) is 31.3 Å². The van der Waals surface area contributed by atoms with Crippen LogP contribution in [0.2, 0.25) is 0 Å². The Hall–Kier alpha value is -0.460. The lowest BCUT2D eigenvalue weighted by molar-refractivity contribution is -0.137. The fourth-order valence-corrected chi connectivity index (χ4v) is 3.77. The molecule has 0 aromatic heterocycles. The summed E-state index contributed by atoms with van der Waals surface area (Å²) in [5.41, 5.74) is 0. The highest BCUT2D eigenvalue weighted by atomic mass is 35.5. The molecule has 0 aromatic rings. The lowest BCUT2D eigenvalue weighted by Crippen LogP contribution is -2.47. The number of carbonyl (C=O) groups is 2. The molecule has 2 fully saturated rings. The van der Waals surface area contributed by atoms with Gasteiger partial charge in [-0.15, -0.1) is 24.2 Å². The van der Waals surface area contributed by atoms with Gasteiger partial charge in [0.05, 0.1) is 5.88 Å². The van der Waals surface area contributed by atoms with Gasteiger partial charge in [-0.25, -0.2) is 0 Å². The fraction of sp³-hybridized carbons (Fsp3) is 0.846. The van der Waals surface area contributed by atoms with Gasteiger partial charge in [-0.1, -0.05) is 6.92 Å². The molecule has 2 aliphatic rings. The molecule has 2 saturated heterocycles. The van der Waals surface area contributed by atoms with Crippen LogP contribution in [0.15, 0.2) is 0 Å². The summed E-state index contributed by atoms with van der Waals surface area (Å²) in [6.07, 6.45) is 2.70. The Morgan fingerprint density at radius 1 is 1.45 bits per heavy atom. The summed E-state index contributed by atoms with van der Waals surface area (Å²) in [5, 5.41) is 6.31. The zero-order valence-electron chi connectivity index (χ0n) is 11.9. The lowest BCUT2D eigenvalue weighted by Gasteiger charge is -2.22. The molecule has 7 heteroatoms. The normalized spacial score (nSPS) is 25.4. The number of halogens is 1. The molecule has 0 spiro atoms. The van der Waals surface area contributed by atoms with E-state index in [4.69, 9.17) is 0 Å². The maximum atomic E-state index is 12.1. The van der Waals surface area contributed by atoms with E-state index in [1.807, 2.05) is 6.92 Å². The Morgan fingerprint density at radius 2 is 2.25 bits per heavy atom. The molecular formula is C13H24ClN3O2S. The number of carbonyl (C=O) groups excluding carboxylic acids is 2. The van der Waals surface area contributed by atoms with E-state index in [9.17, 15) is 9.59 Å². The van der Waals surface area contributed by atoms with Crippen molar-refractivity contribution in [3.05, 3.63) is 0 Å². The highest BCUT2D eigenvalue weighted by Gasteiger charge is 2.33. The van der Waals surface area contributed by atoms with Crippen molar-refractivity contribution < 1.29 is 9.59 Å². The number of hydrogen-bond acceptors (Lipinski definition) is 4. The van der Waals surface area contributed by atoms with Crippen LogP contribution in [0.25, 0.3) is 0 Å². The Labute approximate surface area is 131 Å². The summed E-state index contributed by atoms with van der Waals surface area (Å²) in [6.45, 7) is 4.72. The average molecular weight is 322 g/mol. The van der Waals surface area contributed by atoms with Gasteiger partial charge in [0.2, 0.25) is 11.8 Å². The number of nitrogens with one attached hydrogen (secondary N) is 2. The van der Waals surface area contributed by atoms with Crippen LogP contribution in [0, 0.1) is 5.92 Å². The number of amides is 2. The molecule has 2 aliphatic heterocycles. The largest absolute Gasteiger partial charge is 0.354 e. The first kappa shape index (κ1) is 17.6. The number of hydrogen-bond donors (Lipinski definition) is 2. The fourth-order valence-electron chi connectivity index (χ4n) is 2.59. The molecule has 5 nitrogen and oxygen atoms in total. The molecule has 2 unspecified atom stereocenters. The van der Waals surface area contributed by atoms with Crippen molar-refractivity contribution in [3.8, 4) is 0 Å². The second-order valence-electron chi connectivity index (χ2n) is 5.17. The van der Waals surface area contributed by atoms with Gasteiger partial charge >= 0.3 is 0 Å². The van der Waals surface area contributed by atoms with Gasteiger partial charge in [0.25, 0.3) is 0 Å². The maximum Gasteiger partial charge on any atom is 0.243 e. The van der Waals surface area contributed by atoms with Gasteiger partial charge in [0.15, 0.2) is 0 Å². The van der Waals surface area contributed by atoms with Gasteiger partial charge in [-0.2, -0.15) is 0 Å². The second-order valence-corrected chi connectivity index (χ2v) is 6.17. The molecule has 0 radical (unpaired) electrons. The zero-order chi connectivity index (χ0) is 13.7. The standard InChI is InChI=1S/C13H23N3O2S.ClH/c1-2-12(17)16-9-19-8-11(16)13(18)15-6-4-10-3-5-14-7-10;/h10-11,14H,2-9H2,1H3,(H,15,18);1H. The van der Waals surface area contributed by atoms with Crippen molar-refractivity contribution in [2.24, 2.45) is 5.92 Å². The van der Waals surface area contributed by atoms with E-state index in [1.165, 1.54) is 6.42 Å². The van der Waals surface area contributed by atoms with E-state index in [1.54, 1.807) is 16.7 Å². The summed E-state index contributed by atoms with van der Waals surface area (Å²) in [7, 11) is 0. The summed E-state index contributed by atoms with van der Waals surface area (Å²) in [5.74, 6) is 2.15. The van der Waals surface area contributed by atoms with Gasteiger partial charge in [-0.3, -0.25) is 9.59 Å². The van der Waals surface area contributed by atoms with Crippen molar-refractivity contribution >= 4 is 36.0 Å². The van der Waals surface area contributed by atoms with Crippen molar-refractivity contribution in [1.82, 2.24) is 15.5 Å². The third-order valence-electron chi connectivity index (χ3n) is 3.82. The van der Waals surface area contributed by atoms with E-state index in [0.29, 0.717) is 18.2 Å². The number of rotatable bonds is 5. The monoisotopic (exact) mass is 321 g/mol. The molecule has 0 aromatic carbocycles. The first-order valence-corrected chi connectivity index (χ1v) is 8.23. The predicted molar refractivity (Wildman–Crippen MR) is 84.1 cm³/mol. The van der Waals surface area contributed by atoms with Crippen LogP contribution in [0.1, 0.15) is 26.2 Å². The molecule has 2 rings (SSSR count). The van der Waals surface area contributed by atoms with Gasteiger partial charge in [0, 0.05) is 18.7 Å². The molecule has 0 aliphatic carbocycles. The highest BCUT2D eigenvalue weighted by molar-refractivity contribution is 7.99. The van der Waals surface area contributed by atoms with Gasteiger partial charge < -0.3 is 15.5 Å². The maximum absolute atomic E-state index is 12.1. The Morgan fingerprint density at radius 3 is 2.90 bits per heavy atom.